The van der Waals surface area contributed by atoms with Gasteiger partial charge in [-0.05, 0) is 61.9 Å². The predicted molar refractivity (Wildman–Crippen MR) is 190 cm³/mol. The number of rotatable bonds is 7. The van der Waals surface area contributed by atoms with E-state index in [1.165, 1.54) is 5.56 Å². The highest BCUT2D eigenvalue weighted by atomic mass is 16.5. The molecule has 6 aromatic rings. The van der Waals surface area contributed by atoms with Crippen LogP contribution >= 0.6 is 0 Å². The van der Waals surface area contributed by atoms with Gasteiger partial charge in [0.05, 0.1) is 10.4 Å². The molecule has 0 aliphatic carbocycles. The van der Waals surface area contributed by atoms with Gasteiger partial charge in [0.15, 0.2) is 0 Å². The molecule has 0 radical (unpaired) electrons. The summed E-state index contributed by atoms with van der Waals surface area (Å²) in [5.74, 6) is 1.08. The molecule has 0 spiro atoms. The van der Waals surface area contributed by atoms with Crippen LogP contribution in [-0.4, -0.2) is 0 Å². The molecule has 4 nitrogen and oxygen atoms in total. The second-order valence-electron chi connectivity index (χ2n) is 11.8. The average Bonchev–Trinajstić information content (AvgIpc) is 3.13. The third kappa shape index (κ3) is 6.06. The molecular weight excluding hydrogens is 578 g/mol. The minimum absolute atomic E-state index is 0.200. The van der Waals surface area contributed by atoms with Crippen LogP contribution in [-0.2, 0) is 11.3 Å². The van der Waals surface area contributed by atoms with Crippen LogP contribution in [0.4, 0.5) is 0 Å². The molecule has 0 atom stereocenters. The zero-order valence-electron chi connectivity index (χ0n) is 26.4. The lowest BCUT2D eigenvalue weighted by molar-refractivity contribution is -0.672. The maximum absolute atomic E-state index is 13.6. The van der Waals surface area contributed by atoms with E-state index < -0.39 is 0 Å². The van der Waals surface area contributed by atoms with Crippen LogP contribution in [0.15, 0.2) is 149 Å². The minimum atomic E-state index is -0.295. The van der Waals surface area contributed by atoms with Crippen LogP contribution in [0.5, 0.6) is 0 Å². The summed E-state index contributed by atoms with van der Waals surface area (Å²) >= 11 is 0. The molecule has 2 heterocycles. The molecular formula is C43H34NO3+. The lowest BCUT2D eigenvalue weighted by Crippen LogP contribution is -2.64. The Bertz CT molecular complexity index is 2240. The number of aryl methyl sites for hydroxylation is 1. The van der Waals surface area contributed by atoms with Crippen LogP contribution in [0, 0.1) is 12.8 Å². The highest BCUT2D eigenvalue weighted by Crippen LogP contribution is 2.32. The zero-order chi connectivity index (χ0) is 32.3. The molecule has 0 N–H and O–H groups in total. The molecule has 1 aliphatic heterocycles. The number of aromatic nitrogens is 1. The fourth-order valence-corrected chi connectivity index (χ4v) is 6.15. The number of hydrogen-bond acceptors (Lipinski definition) is 3. The first-order valence-electron chi connectivity index (χ1n) is 15.9. The topological polar surface area (TPSA) is 47.2 Å². The molecule has 1 aliphatic rings. The predicted octanol–water partition coefficient (Wildman–Crippen LogP) is 6.57. The number of nitrogens with zero attached hydrogens (tertiary/aromatic N) is 1. The normalized spacial score (nSPS) is 13.1. The van der Waals surface area contributed by atoms with E-state index in [0.29, 0.717) is 11.5 Å². The molecule has 7 rings (SSSR count). The van der Waals surface area contributed by atoms with Gasteiger partial charge in [-0.1, -0.05) is 103 Å². The second-order valence-corrected chi connectivity index (χ2v) is 11.8. The van der Waals surface area contributed by atoms with E-state index >= 15 is 0 Å². The lowest BCUT2D eigenvalue weighted by Gasteiger charge is -2.21. The van der Waals surface area contributed by atoms with E-state index in [-0.39, 0.29) is 27.2 Å². The van der Waals surface area contributed by atoms with Crippen molar-refractivity contribution in [3.8, 4) is 22.5 Å². The third-order valence-electron chi connectivity index (χ3n) is 8.59. The monoisotopic (exact) mass is 612 g/mol. The molecule has 228 valence electrons. The quantitative estimate of drug-likeness (QED) is 0.192. The summed E-state index contributed by atoms with van der Waals surface area (Å²) in [5.41, 5.74) is 7.55. The van der Waals surface area contributed by atoms with Crippen LogP contribution in [0.1, 0.15) is 29.2 Å². The van der Waals surface area contributed by atoms with E-state index in [4.69, 9.17) is 4.74 Å². The Morgan fingerprint density at radius 2 is 1.09 bits per heavy atom. The maximum Gasteiger partial charge on any atom is 0.213 e. The van der Waals surface area contributed by atoms with Gasteiger partial charge in [0.25, 0.3) is 0 Å². The first kappa shape index (κ1) is 29.8. The molecule has 5 aromatic carbocycles. The van der Waals surface area contributed by atoms with Gasteiger partial charge in [0.1, 0.15) is 18.1 Å². The van der Waals surface area contributed by atoms with Gasteiger partial charge in [-0.25, -0.2) is 0 Å². The Hall–Kier alpha value is -5.87. The summed E-state index contributed by atoms with van der Waals surface area (Å²) < 4.78 is 8.58. The average molecular weight is 613 g/mol. The van der Waals surface area contributed by atoms with Crippen molar-refractivity contribution in [1.29, 1.82) is 0 Å². The van der Waals surface area contributed by atoms with Crippen LogP contribution in [0.3, 0.4) is 0 Å². The van der Waals surface area contributed by atoms with Gasteiger partial charge in [0.2, 0.25) is 22.2 Å². The summed E-state index contributed by atoms with van der Waals surface area (Å²) in [4.78, 5) is 27.2. The Labute approximate surface area is 273 Å². The maximum atomic E-state index is 13.6. The Morgan fingerprint density at radius 3 is 1.57 bits per heavy atom. The van der Waals surface area contributed by atoms with E-state index in [1.54, 1.807) is 12.2 Å². The van der Waals surface area contributed by atoms with E-state index in [1.807, 2.05) is 91.0 Å². The summed E-state index contributed by atoms with van der Waals surface area (Å²) in [6.07, 6.45) is 7.42. The van der Waals surface area contributed by atoms with Crippen molar-refractivity contribution in [2.45, 2.75) is 20.4 Å². The van der Waals surface area contributed by atoms with Gasteiger partial charge in [0, 0.05) is 40.3 Å². The largest absolute Gasteiger partial charge is 0.457 e. The highest BCUT2D eigenvalue weighted by Gasteiger charge is 2.22. The molecule has 0 bridgehead atoms. The molecule has 0 saturated heterocycles. The summed E-state index contributed by atoms with van der Waals surface area (Å²) in [6, 6.07) is 42.5. The fraction of sp³-hybridized carbons (Fsp3) is 0.0930. The van der Waals surface area contributed by atoms with Crippen molar-refractivity contribution < 1.29 is 9.30 Å². The number of hydrogen-bond donors (Lipinski definition) is 0. The zero-order valence-corrected chi connectivity index (χ0v) is 26.4. The smallest absolute Gasteiger partial charge is 0.213 e. The minimum Gasteiger partial charge on any atom is -0.457 e. The Balaban J connectivity index is 1.34. The van der Waals surface area contributed by atoms with Crippen molar-refractivity contribution in [3.63, 3.8) is 0 Å². The number of allylic oxidation sites excluding steroid dienone is 2. The fourth-order valence-electron chi connectivity index (χ4n) is 6.15. The standard InChI is InChI=1S/C43H34NO3/c1-3-44-38(32-13-7-4-8-14-32)25-30(26-39(44)33-21-19-29(2)20-22-33)23-36-42(45)37(43(36)46)24-31-27-40(34-15-9-5-10-16-34)47-41(28-31)35-17-11-6-12-18-35/h4-28,31H,3H2,1-2H3/q+1. The summed E-state index contributed by atoms with van der Waals surface area (Å²) in [6.45, 7) is 4.96. The van der Waals surface area contributed by atoms with Gasteiger partial charge in [-0.15, -0.1) is 0 Å². The van der Waals surface area contributed by atoms with Gasteiger partial charge < -0.3 is 4.74 Å². The molecule has 47 heavy (non-hydrogen) atoms. The first-order valence-corrected chi connectivity index (χ1v) is 15.9. The summed E-state index contributed by atoms with van der Waals surface area (Å²) in [7, 11) is 0. The molecule has 0 saturated carbocycles. The third-order valence-corrected chi connectivity index (χ3v) is 8.59. The van der Waals surface area contributed by atoms with Crippen molar-refractivity contribution in [1.82, 2.24) is 0 Å². The lowest BCUT2D eigenvalue weighted by atomic mass is 9.97. The summed E-state index contributed by atoms with van der Waals surface area (Å²) in [5, 5.41) is 0.406. The van der Waals surface area contributed by atoms with E-state index in [0.717, 1.165) is 45.7 Å². The number of ether oxygens (including phenoxy) is 1. The first-order chi connectivity index (χ1) is 23.0. The van der Waals surface area contributed by atoms with Gasteiger partial charge >= 0.3 is 0 Å². The molecule has 4 heteroatoms. The van der Waals surface area contributed by atoms with E-state index in [2.05, 4.69) is 66.9 Å². The van der Waals surface area contributed by atoms with Crippen molar-refractivity contribution >= 4 is 23.7 Å². The van der Waals surface area contributed by atoms with Crippen LogP contribution in [0.25, 0.3) is 46.2 Å². The van der Waals surface area contributed by atoms with Crippen molar-refractivity contribution in [2.75, 3.05) is 0 Å². The molecule has 0 unspecified atom stereocenters. The van der Waals surface area contributed by atoms with Crippen molar-refractivity contribution in [3.05, 3.63) is 193 Å². The Morgan fingerprint density at radius 1 is 0.617 bits per heavy atom. The van der Waals surface area contributed by atoms with E-state index in [9.17, 15) is 9.59 Å². The highest BCUT2D eigenvalue weighted by molar-refractivity contribution is 5.75. The number of benzene rings is 4. The second kappa shape index (κ2) is 12.9. The van der Waals surface area contributed by atoms with Gasteiger partial charge in [-0.3, -0.25) is 9.59 Å². The van der Waals surface area contributed by atoms with Crippen LogP contribution in [0.2, 0.25) is 0 Å². The number of pyridine rings is 1. The van der Waals surface area contributed by atoms with Crippen LogP contribution < -0.4 is 25.9 Å². The van der Waals surface area contributed by atoms with Crippen molar-refractivity contribution in [2.24, 2.45) is 5.92 Å². The molecule has 0 fully saturated rings. The molecule has 1 aromatic heterocycles. The molecule has 0 amide bonds. The van der Waals surface area contributed by atoms with Gasteiger partial charge in [-0.2, -0.15) is 4.57 Å². The SMILES string of the molecule is CC[n+]1c(-c2ccccc2)cc(C=c2c(=O)c(=CC3C=C(c4ccccc4)OC(c4ccccc4)=C3)c2=O)cc1-c1ccc(C)cc1. The Kier molecular flexibility index (Phi) is 8.16.